The van der Waals surface area contributed by atoms with Gasteiger partial charge < -0.3 is 10.7 Å². The highest BCUT2D eigenvalue weighted by atomic mass is 19.1. The molecule has 2 N–H and O–H groups in total. The molecular formula is C24H34FN3. The quantitative estimate of drug-likeness (QED) is 0.525. The van der Waals surface area contributed by atoms with E-state index in [9.17, 15) is 4.39 Å². The Morgan fingerprint density at radius 2 is 2.07 bits per heavy atom. The number of aliphatic imine (C=N–C) groups is 1. The number of nitrogens with zero attached hydrogens (tertiary/aromatic N) is 1. The van der Waals surface area contributed by atoms with Gasteiger partial charge in [0, 0.05) is 23.9 Å². The summed E-state index contributed by atoms with van der Waals surface area (Å²) in [6.45, 7) is 7.87. The lowest BCUT2D eigenvalue weighted by atomic mass is 9.65. The number of halogens is 1. The minimum absolute atomic E-state index is 0.0307. The summed E-state index contributed by atoms with van der Waals surface area (Å²) < 4.78 is 13.2. The molecule has 1 saturated carbocycles. The molecule has 0 radical (unpaired) electrons. The number of fused-ring (bicyclic) bond motifs is 1. The van der Waals surface area contributed by atoms with Gasteiger partial charge in [0.05, 0.1) is 5.69 Å². The van der Waals surface area contributed by atoms with Crippen molar-refractivity contribution in [1.82, 2.24) is 5.32 Å². The average Bonchev–Trinajstić information content (AvgIpc) is 2.99. The van der Waals surface area contributed by atoms with E-state index in [4.69, 9.17) is 10.4 Å². The van der Waals surface area contributed by atoms with Gasteiger partial charge in [-0.2, -0.15) is 0 Å². The molecule has 0 spiro atoms. The van der Waals surface area contributed by atoms with Crippen molar-refractivity contribution >= 4 is 17.6 Å². The fourth-order valence-electron chi connectivity index (χ4n) is 5.16. The van der Waals surface area contributed by atoms with Crippen LogP contribution in [0.3, 0.4) is 0 Å². The first kappa shape index (κ1) is 20.9. The van der Waals surface area contributed by atoms with E-state index in [-0.39, 0.29) is 17.2 Å². The molecule has 0 aromatic heterocycles. The van der Waals surface area contributed by atoms with Crippen LogP contribution in [0.1, 0.15) is 59.3 Å². The molecule has 1 aromatic carbocycles. The largest absolute Gasteiger partial charge is 0.314 e. The molecule has 2 aliphatic carbocycles. The third-order valence-electron chi connectivity index (χ3n) is 6.73. The Bertz CT molecular complexity index is 731. The maximum absolute atomic E-state index is 13.2. The van der Waals surface area contributed by atoms with Crippen molar-refractivity contribution in [2.24, 2.45) is 22.2 Å². The summed E-state index contributed by atoms with van der Waals surface area (Å²) in [6.07, 6.45) is 10.7. The molecule has 0 aliphatic heterocycles. The predicted octanol–water partition coefficient (Wildman–Crippen LogP) is 6.08. The summed E-state index contributed by atoms with van der Waals surface area (Å²) >= 11 is 0. The van der Waals surface area contributed by atoms with Gasteiger partial charge >= 0.3 is 0 Å². The summed E-state index contributed by atoms with van der Waals surface area (Å²) in [5, 5.41) is 11.7. The van der Waals surface area contributed by atoms with Crippen LogP contribution in [-0.4, -0.2) is 24.5 Å². The van der Waals surface area contributed by atoms with Gasteiger partial charge in [-0.3, -0.25) is 4.99 Å². The molecule has 0 bridgehead atoms. The van der Waals surface area contributed by atoms with E-state index < -0.39 is 0 Å². The van der Waals surface area contributed by atoms with Gasteiger partial charge in [-0.25, -0.2) is 4.39 Å². The van der Waals surface area contributed by atoms with Gasteiger partial charge in [0.2, 0.25) is 0 Å². The number of allylic oxidation sites excluding steroid dienone is 2. The summed E-state index contributed by atoms with van der Waals surface area (Å²) in [7, 11) is 0. The standard InChI is InChI=1S/C24H34FN3/c1-4-6-22(27-5-2)13-18-7-8-19-14-23(17(16-26)15-24(18,19)3)28-21-11-9-20(25)10-12-21/h9-12,14,16-18,22,26-27H,4-8,13,15H2,1-3H3. The molecule has 2 aliphatic rings. The van der Waals surface area contributed by atoms with Crippen molar-refractivity contribution in [3.8, 4) is 0 Å². The molecule has 0 heterocycles. The fourth-order valence-corrected chi connectivity index (χ4v) is 5.16. The van der Waals surface area contributed by atoms with Crippen molar-refractivity contribution in [2.45, 2.75) is 65.3 Å². The summed E-state index contributed by atoms with van der Waals surface area (Å²) in [4.78, 5) is 4.76. The Labute approximate surface area is 169 Å². The maximum Gasteiger partial charge on any atom is 0.123 e. The topological polar surface area (TPSA) is 48.2 Å². The zero-order valence-corrected chi connectivity index (χ0v) is 17.5. The normalized spacial score (nSPS) is 29.4. The molecule has 4 heteroatoms. The van der Waals surface area contributed by atoms with Crippen molar-refractivity contribution in [1.29, 1.82) is 5.41 Å². The molecule has 1 aromatic rings. The number of nitrogens with one attached hydrogen (secondary N) is 2. The van der Waals surface area contributed by atoms with Gasteiger partial charge in [0.25, 0.3) is 0 Å². The number of rotatable bonds is 8. The lowest BCUT2D eigenvalue weighted by Gasteiger charge is -2.40. The van der Waals surface area contributed by atoms with Gasteiger partial charge in [0.15, 0.2) is 0 Å². The van der Waals surface area contributed by atoms with Crippen LogP contribution < -0.4 is 5.32 Å². The molecular weight excluding hydrogens is 349 g/mol. The number of benzene rings is 1. The summed E-state index contributed by atoms with van der Waals surface area (Å²) in [5.74, 6) is 0.440. The smallest absolute Gasteiger partial charge is 0.123 e. The van der Waals surface area contributed by atoms with Crippen molar-refractivity contribution < 1.29 is 4.39 Å². The van der Waals surface area contributed by atoms with Crippen LogP contribution in [0.25, 0.3) is 0 Å². The number of hydrogen-bond acceptors (Lipinski definition) is 3. The lowest BCUT2D eigenvalue weighted by Crippen LogP contribution is -2.38. The van der Waals surface area contributed by atoms with Crippen LogP contribution in [0.2, 0.25) is 0 Å². The SMILES string of the molecule is CCCC(CC1CCC2=CC(=Nc3ccc(F)cc3)C(C=N)CC21C)NCC. The third kappa shape index (κ3) is 4.43. The fraction of sp³-hybridized carbons (Fsp3) is 0.583. The molecule has 4 unspecified atom stereocenters. The van der Waals surface area contributed by atoms with Gasteiger partial charge in [-0.05, 0) is 80.3 Å². The Morgan fingerprint density at radius 3 is 2.71 bits per heavy atom. The highest BCUT2D eigenvalue weighted by Crippen LogP contribution is 2.55. The van der Waals surface area contributed by atoms with E-state index in [0.29, 0.717) is 12.0 Å². The Hall–Kier alpha value is -1.81. The molecule has 0 amide bonds. The molecule has 0 saturated heterocycles. The Balaban J connectivity index is 1.84. The summed E-state index contributed by atoms with van der Waals surface area (Å²) in [6, 6.07) is 6.89. The monoisotopic (exact) mass is 383 g/mol. The lowest BCUT2D eigenvalue weighted by molar-refractivity contribution is 0.208. The maximum atomic E-state index is 13.2. The zero-order chi connectivity index (χ0) is 20.1. The Morgan fingerprint density at radius 1 is 1.32 bits per heavy atom. The van der Waals surface area contributed by atoms with Gasteiger partial charge in [-0.15, -0.1) is 0 Å². The second kappa shape index (κ2) is 9.13. The second-order valence-corrected chi connectivity index (χ2v) is 8.59. The number of hydrogen-bond donors (Lipinski definition) is 2. The first-order valence-corrected chi connectivity index (χ1v) is 10.8. The van der Waals surface area contributed by atoms with E-state index >= 15 is 0 Å². The van der Waals surface area contributed by atoms with Crippen molar-refractivity contribution in [3.05, 3.63) is 41.7 Å². The first-order valence-electron chi connectivity index (χ1n) is 10.8. The van der Waals surface area contributed by atoms with E-state index in [0.717, 1.165) is 30.8 Å². The van der Waals surface area contributed by atoms with E-state index in [2.05, 4.69) is 32.2 Å². The van der Waals surface area contributed by atoms with Crippen molar-refractivity contribution in [2.75, 3.05) is 6.54 Å². The third-order valence-corrected chi connectivity index (χ3v) is 6.73. The molecule has 3 nitrogen and oxygen atoms in total. The van der Waals surface area contributed by atoms with E-state index in [1.165, 1.54) is 43.4 Å². The van der Waals surface area contributed by atoms with Gasteiger partial charge in [-0.1, -0.05) is 32.8 Å². The minimum atomic E-state index is -0.247. The zero-order valence-electron chi connectivity index (χ0n) is 17.5. The van der Waals surface area contributed by atoms with Crippen LogP contribution in [-0.2, 0) is 0 Å². The first-order chi connectivity index (χ1) is 13.5. The molecule has 4 atom stereocenters. The summed E-state index contributed by atoms with van der Waals surface area (Å²) in [5.41, 5.74) is 3.36. The minimum Gasteiger partial charge on any atom is -0.314 e. The molecule has 28 heavy (non-hydrogen) atoms. The molecule has 1 fully saturated rings. The highest BCUT2D eigenvalue weighted by Gasteiger charge is 2.47. The van der Waals surface area contributed by atoms with Gasteiger partial charge in [0.1, 0.15) is 5.82 Å². The van der Waals surface area contributed by atoms with Crippen LogP contribution in [0.4, 0.5) is 10.1 Å². The second-order valence-electron chi connectivity index (χ2n) is 8.59. The van der Waals surface area contributed by atoms with E-state index in [1.807, 2.05) is 0 Å². The van der Waals surface area contributed by atoms with Crippen LogP contribution in [0.5, 0.6) is 0 Å². The van der Waals surface area contributed by atoms with E-state index in [1.54, 1.807) is 18.3 Å². The van der Waals surface area contributed by atoms with Crippen LogP contribution >= 0.6 is 0 Å². The van der Waals surface area contributed by atoms with Crippen LogP contribution in [0.15, 0.2) is 40.9 Å². The highest BCUT2D eigenvalue weighted by molar-refractivity contribution is 6.07. The average molecular weight is 384 g/mol. The predicted molar refractivity (Wildman–Crippen MR) is 116 cm³/mol. The molecule has 152 valence electrons. The van der Waals surface area contributed by atoms with Crippen LogP contribution in [0, 0.1) is 28.5 Å². The van der Waals surface area contributed by atoms with Crippen molar-refractivity contribution in [3.63, 3.8) is 0 Å². The Kier molecular flexibility index (Phi) is 6.82. The molecule has 3 rings (SSSR count).